The Bertz CT molecular complexity index is 536. The van der Waals surface area contributed by atoms with Crippen LogP contribution in [0.4, 0.5) is 5.95 Å². The Hall–Kier alpha value is -1.94. The van der Waals surface area contributed by atoms with E-state index in [1.165, 1.54) is 44.3 Å². The minimum atomic E-state index is 0.378. The molecule has 0 saturated carbocycles. The van der Waals surface area contributed by atoms with Crippen LogP contribution < -0.4 is 5.32 Å². The average Bonchev–Trinajstić information content (AvgIpc) is 2.86. The van der Waals surface area contributed by atoms with E-state index in [-0.39, 0.29) is 0 Å². The smallest absolute Gasteiger partial charge is 0.222 e. The van der Waals surface area contributed by atoms with Gasteiger partial charge in [0.1, 0.15) is 0 Å². The summed E-state index contributed by atoms with van der Waals surface area (Å²) in [4.78, 5) is 11.1. The number of anilines is 1. The normalized spacial score (nSPS) is 17.6. The first kappa shape index (κ1) is 15.0. The summed E-state index contributed by atoms with van der Waals surface area (Å²) in [7, 11) is 0. The Morgan fingerprint density at radius 1 is 0.909 bits per heavy atom. The summed E-state index contributed by atoms with van der Waals surface area (Å²) in [6.07, 6.45) is 8.86. The average molecular weight is 296 g/mol. The molecule has 116 valence electrons. The summed E-state index contributed by atoms with van der Waals surface area (Å²) in [6, 6.07) is 13.0. The zero-order valence-electron chi connectivity index (χ0n) is 13.0. The second-order valence-electron chi connectivity index (χ2n) is 5.83. The van der Waals surface area contributed by atoms with Crippen molar-refractivity contribution in [2.24, 2.45) is 0 Å². The van der Waals surface area contributed by atoms with Crippen LogP contribution >= 0.6 is 0 Å². The maximum Gasteiger partial charge on any atom is 0.222 e. The number of rotatable bonds is 5. The molecule has 0 radical (unpaired) electrons. The second kappa shape index (κ2) is 7.90. The van der Waals surface area contributed by atoms with Crippen LogP contribution in [0.3, 0.4) is 0 Å². The van der Waals surface area contributed by atoms with Crippen LogP contribution in [-0.4, -0.2) is 34.5 Å². The van der Waals surface area contributed by atoms with Gasteiger partial charge in [-0.3, -0.25) is 4.90 Å². The van der Waals surface area contributed by atoms with E-state index in [2.05, 4.69) is 50.5 Å². The Morgan fingerprint density at radius 3 is 2.27 bits per heavy atom. The number of hydrogen-bond donors (Lipinski definition) is 1. The number of nitrogens with one attached hydrogen (secondary N) is 1. The maximum atomic E-state index is 4.27. The van der Waals surface area contributed by atoms with Gasteiger partial charge in [0, 0.05) is 18.9 Å². The van der Waals surface area contributed by atoms with Crippen LogP contribution in [0.2, 0.25) is 0 Å². The predicted octanol–water partition coefficient (Wildman–Crippen LogP) is 3.51. The summed E-state index contributed by atoms with van der Waals surface area (Å²) in [5, 5.41) is 3.40. The van der Waals surface area contributed by atoms with Gasteiger partial charge >= 0.3 is 0 Å². The van der Waals surface area contributed by atoms with E-state index in [1.807, 2.05) is 6.07 Å². The van der Waals surface area contributed by atoms with Gasteiger partial charge in [0.05, 0.1) is 6.04 Å². The van der Waals surface area contributed by atoms with Gasteiger partial charge in [-0.2, -0.15) is 0 Å². The molecule has 22 heavy (non-hydrogen) atoms. The lowest BCUT2D eigenvalue weighted by atomic mass is 10.0. The van der Waals surface area contributed by atoms with Crippen molar-refractivity contribution < 1.29 is 0 Å². The molecule has 0 amide bonds. The molecule has 1 atom stereocenters. The molecule has 1 aliphatic heterocycles. The third-order valence-corrected chi connectivity index (χ3v) is 4.29. The molecule has 1 aliphatic rings. The molecule has 0 aliphatic carbocycles. The zero-order valence-corrected chi connectivity index (χ0v) is 13.0. The third kappa shape index (κ3) is 4.04. The fourth-order valence-electron chi connectivity index (χ4n) is 3.12. The molecular formula is C18H24N4. The van der Waals surface area contributed by atoms with Gasteiger partial charge in [-0.15, -0.1) is 0 Å². The molecule has 1 aromatic carbocycles. The molecule has 4 nitrogen and oxygen atoms in total. The van der Waals surface area contributed by atoms with Crippen LogP contribution in [0.15, 0.2) is 48.8 Å². The number of nitrogens with zero attached hydrogens (tertiary/aromatic N) is 3. The predicted molar refractivity (Wildman–Crippen MR) is 89.7 cm³/mol. The monoisotopic (exact) mass is 296 g/mol. The number of aromatic nitrogens is 2. The summed E-state index contributed by atoms with van der Waals surface area (Å²) in [5.41, 5.74) is 1.37. The van der Waals surface area contributed by atoms with Crippen LogP contribution in [0, 0.1) is 0 Å². The Kier molecular flexibility index (Phi) is 5.37. The van der Waals surface area contributed by atoms with Gasteiger partial charge in [0.15, 0.2) is 0 Å². The molecule has 4 heteroatoms. The number of hydrogen-bond acceptors (Lipinski definition) is 4. The van der Waals surface area contributed by atoms with Crippen LogP contribution in [0.25, 0.3) is 0 Å². The summed E-state index contributed by atoms with van der Waals surface area (Å²) < 4.78 is 0. The lowest BCUT2D eigenvalue weighted by molar-refractivity contribution is 0.213. The second-order valence-corrected chi connectivity index (χ2v) is 5.83. The quantitative estimate of drug-likeness (QED) is 0.917. The van der Waals surface area contributed by atoms with E-state index >= 15 is 0 Å². The molecule has 2 heterocycles. The molecule has 0 spiro atoms. The number of likely N-dealkylation sites (tertiary alicyclic amines) is 1. The third-order valence-electron chi connectivity index (χ3n) is 4.29. The van der Waals surface area contributed by atoms with Crippen LogP contribution in [-0.2, 0) is 0 Å². The highest BCUT2D eigenvalue weighted by Crippen LogP contribution is 2.24. The highest BCUT2D eigenvalue weighted by molar-refractivity contribution is 5.26. The largest absolute Gasteiger partial charge is 0.352 e. The molecule has 0 bridgehead atoms. The SMILES string of the molecule is c1ccc([C@@H](CNc2ncccn2)N2CCCCCC2)cc1. The summed E-state index contributed by atoms with van der Waals surface area (Å²) >= 11 is 0. The van der Waals surface area contributed by atoms with Gasteiger partial charge in [-0.25, -0.2) is 9.97 Å². The van der Waals surface area contributed by atoms with Gasteiger partial charge in [-0.1, -0.05) is 43.2 Å². The van der Waals surface area contributed by atoms with E-state index < -0.39 is 0 Å². The fraction of sp³-hybridized carbons (Fsp3) is 0.444. The first-order valence-corrected chi connectivity index (χ1v) is 8.23. The van der Waals surface area contributed by atoms with Crippen molar-refractivity contribution >= 4 is 5.95 Å². The standard InChI is InChI=1S/C18H24N4/c1-2-7-14-22(13-6-1)17(16-9-4-3-5-10-16)15-21-18-19-11-8-12-20-18/h3-5,8-12,17H,1-2,6-7,13-15H2,(H,19,20,21)/t17-/m1/s1. The van der Waals surface area contributed by atoms with Crippen molar-refractivity contribution in [1.82, 2.24) is 14.9 Å². The Labute approximate surface area is 132 Å². The Morgan fingerprint density at radius 2 is 1.59 bits per heavy atom. The minimum Gasteiger partial charge on any atom is -0.352 e. The van der Waals surface area contributed by atoms with Crippen molar-refractivity contribution in [3.8, 4) is 0 Å². The molecule has 1 fully saturated rings. The van der Waals surface area contributed by atoms with Crippen LogP contribution in [0.1, 0.15) is 37.3 Å². The lowest BCUT2D eigenvalue weighted by Gasteiger charge is -2.31. The van der Waals surface area contributed by atoms with E-state index in [4.69, 9.17) is 0 Å². The van der Waals surface area contributed by atoms with E-state index in [1.54, 1.807) is 12.4 Å². The fourth-order valence-corrected chi connectivity index (χ4v) is 3.12. The van der Waals surface area contributed by atoms with Crippen molar-refractivity contribution in [2.75, 3.05) is 25.0 Å². The Balaban J connectivity index is 1.73. The van der Waals surface area contributed by atoms with Crippen molar-refractivity contribution in [2.45, 2.75) is 31.7 Å². The molecule has 1 aromatic heterocycles. The molecular weight excluding hydrogens is 272 g/mol. The van der Waals surface area contributed by atoms with Gasteiger partial charge in [0.2, 0.25) is 5.95 Å². The lowest BCUT2D eigenvalue weighted by Crippen LogP contribution is -2.34. The van der Waals surface area contributed by atoms with Gasteiger partial charge in [0.25, 0.3) is 0 Å². The van der Waals surface area contributed by atoms with Gasteiger partial charge < -0.3 is 5.32 Å². The van der Waals surface area contributed by atoms with E-state index in [0.717, 1.165) is 6.54 Å². The first-order valence-electron chi connectivity index (χ1n) is 8.23. The summed E-state index contributed by atoms with van der Waals surface area (Å²) in [5.74, 6) is 0.707. The van der Waals surface area contributed by atoms with Crippen molar-refractivity contribution in [3.63, 3.8) is 0 Å². The summed E-state index contributed by atoms with van der Waals surface area (Å²) in [6.45, 7) is 3.20. The molecule has 2 aromatic rings. The molecule has 1 N–H and O–H groups in total. The first-order chi connectivity index (χ1) is 10.9. The van der Waals surface area contributed by atoms with Crippen molar-refractivity contribution in [3.05, 3.63) is 54.4 Å². The maximum absolute atomic E-state index is 4.27. The topological polar surface area (TPSA) is 41.1 Å². The zero-order chi connectivity index (χ0) is 15.0. The minimum absolute atomic E-state index is 0.378. The molecule has 1 saturated heterocycles. The van der Waals surface area contributed by atoms with Crippen LogP contribution in [0.5, 0.6) is 0 Å². The van der Waals surface area contributed by atoms with Crippen molar-refractivity contribution in [1.29, 1.82) is 0 Å². The molecule has 0 unspecified atom stereocenters. The highest BCUT2D eigenvalue weighted by Gasteiger charge is 2.21. The highest BCUT2D eigenvalue weighted by atomic mass is 15.2. The number of benzene rings is 1. The van der Waals surface area contributed by atoms with E-state index in [9.17, 15) is 0 Å². The molecule has 3 rings (SSSR count). The van der Waals surface area contributed by atoms with Gasteiger partial charge in [-0.05, 0) is 37.6 Å². The van der Waals surface area contributed by atoms with E-state index in [0.29, 0.717) is 12.0 Å².